The van der Waals surface area contributed by atoms with Crippen LogP contribution in [-0.2, 0) is 9.53 Å². The van der Waals surface area contributed by atoms with Crippen molar-refractivity contribution in [3.63, 3.8) is 0 Å². The van der Waals surface area contributed by atoms with Crippen LogP contribution in [0, 0.1) is 17.1 Å². The van der Waals surface area contributed by atoms with E-state index >= 15 is 0 Å². The Kier molecular flexibility index (Phi) is 6.68. The van der Waals surface area contributed by atoms with Crippen LogP contribution in [0.4, 0.5) is 4.39 Å². The molecule has 1 amide bonds. The molecule has 2 aromatic carbocycles. The highest BCUT2D eigenvalue weighted by molar-refractivity contribution is 7.07. The van der Waals surface area contributed by atoms with E-state index < -0.39 is 11.5 Å². The smallest absolute Gasteiger partial charge is 0.273 e. The normalized spacial score (nSPS) is 15.2. The molecule has 1 aliphatic rings. The first kappa shape index (κ1) is 22.5. The molecule has 33 heavy (non-hydrogen) atoms. The van der Waals surface area contributed by atoms with Gasteiger partial charge in [-0.15, -0.1) is 11.3 Å². The van der Waals surface area contributed by atoms with Crippen molar-refractivity contribution in [2.75, 3.05) is 33.4 Å². The SMILES string of the molecule is COc1ccccc1-n1c(=O)/c(=C\c2ccc(F)cc2)s/c1=C(/C#N)C(=O)N1CCOCC1. The number of amides is 1. The molecule has 0 bridgehead atoms. The van der Waals surface area contributed by atoms with E-state index in [1.807, 2.05) is 6.07 Å². The largest absolute Gasteiger partial charge is 0.495 e. The third-order valence-electron chi connectivity index (χ3n) is 5.16. The lowest BCUT2D eigenvalue weighted by Crippen LogP contribution is -2.42. The molecule has 0 radical (unpaired) electrons. The topological polar surface area (TPSA) is 84.6 Å². The number of thiazole rings is 1. The van der Waals surface area contributed by atoms with E-state index in [4.69, 9.17) is 9.47 Å². The van der Waals surface area contributed by atoms with Gasteiger partial charge in [0.15, 0.2) is 5.57 Å². The Balaban J connectivity index is 2.02. The predicted molar refractivity (Wildman–Crippen MR) is 122 cm³/mol. The molecule has 3 aromatic rings. The fourth-order valence-electron chi connectivity index (χ4n) is 3.51. The van der Waals surface area contributed by atoms with Crippen LogP contribution in [0.15, 0.2) is 53.3 Å². The molecule has 4 rings (SSSR count). The fraction of sp³-hybridized carbons (Fsp3) is 0.208. The second-order valence-electron chi connectivity index (χ2n) is 7.17. The maximum absolute atomic E-state index is 13.5. The maximum atomic E-state index is 13.5. The molecule has 1 saturated heterocycles. The lowest BCUT2D eigenvalue weighted by Gasteiger charge is -2.26. The number of ether oxygens (including phenoxy) is 2. The molecule has 1 aromatic heterocycles. The molecule has 0 atom stereocenters. The Morgan fingerprint density at radius 1 is 1.18 bits per heavy atom. The van der Waals surface area contributed by atoms with Gasteiger partial charge in [0.25, 0.3) is 11.5 Å². The van der Waals surface area contributed by atoms with Gasteiger partial charge < -0.3 is 14.4 Å². The summed E-state index contributed by atoms with van der Waals surface area (Å²) in [4.78, 5) is 28.2. The Bertz CT molecular complexity index is 1400. The molecule has 1 aliphatic heterocycles. The van der Waals surface area contributed by atoms with Crippen molar-refractivity contribution in [1.82, 2.24) is 9.47 Å². The van der Waals surface area contributed by atoms with Gasteiger partial charge in [0.1, 0.15) is 22.3 Å². The number of methoxy groups -OCH3 is 1. The number of halogens is 1. The summed E-state index contributed by atoms with van der Waals surface area (Å²) in [6.07, 6.45) is 1.61. The molecule has 2 heterocycles. The molecule has 0 aliphatic carbocycles. The molecule has 9 heteroatoms. The Morgan fingerprint density at radius 3 is 2.55 bits per heavy atom. The van der Waals surface area contributed by atoms with Crippen molar-refractivity contribution >= 4 is 28.9 Å². The first-order valence-corrected chi connectivity index (χ1v) is 11.0. The van der Waals surface area contributed by atoms with Crippen LogP contribution in [0.2, 0.25) is 0 Å². The van der Waals surface area contributed by atoms with Crippen molar-refractivity contribution in [2.24, 2.45) is 0 Å². The summed E-state index contributed by atoms with van der Waals surface area (Å²) in [5, 5.41) is 9.94. The van der Waals surface area contributed by atoms with E-state index in [2.05, 4.69) is 0 Å². The summed E-state index contributed by atoms with van der Waals surface area (Å²) in [6, 6.07) is 14.6. The summed E-state index contributed by atoms with van der Waals surface area (Å²) in [5.74, 6) is -0.427. The minimum absolute atomic E-state index is 0.135. The number of nitrogens with zero attached hydrogens (tertiary/aromatic N) is 3. The number of aromatic nitrogens is 1. The van der Waals surface area contributed by atoms with Crippen LogP contribution in [0.3, 0.4) is 0 Å². The van der Waals surface area contributed by atoms with E-state index in [1.54, 1.807) is 47.4 Å². The average Bonchev–Trinajstić information content (AvgIpc) is 3.16. The van der Waals surface area contributed by atoms with Gasteiger partial charge in [-0.25, -0.2) is 4.39 Å². The highest BCUT2D eigenvalue weighted by atomic mass is 32.1. The predicted octanol–water partition coefficient (Wildman–Crippen LogP) is 1.41. The quantitative estimate of drug-likeness (QED) is 0.582. The second kappa shape index (κ2) is 9.81. The maximum Gasteiger partial charge on any atom is 0.273 e. The number of rotatable bonds is 4. The fourth-order valence-corrected chi connectivity index (χ4v) is 4.59. The highest BCUT2D eigenvalue weighted by Crippen LogP contribution is 2.20. The van der Waals surface area contributed by atoms with Crippen LogP contribution in [0.1, 0.15) is 5.56 Å². The number of hydrogen-bond acceptors (Lipinski definition) is 6. The minimum Gasteiger partial charge on any atom is -0.495 e. The molecule has 0 N–H and O–H groups in total. The van der Waals surface area contributed by atoms with E-state index in [1.165, 1.54) is 23.8 Å². The zero-order valence-corrected chi connectivity index (χ0v) is 18.6. The van der Waals surface area contributed by atoms with Crippen molar-refractivity contribution in [1.29, 1.82) is 5.26 Å². The zero-order chi connectivity index (χ0) is 23.4. The molecular formula is C24H20FN3O4S. The number of carbonyl (C=O) groups excluding carboxylic acids is 1. The van der Waals surface area contributed by atoms with Crippen molar-refractivity contribution in [3.8, 4) is 17.5 Å². The van der Waals surface area contributed by atoms with Gasteiger partial charge in [-0.2, -0.15) is 5.26 Å². The summed E-state index contributed by atoms with van der Waals surface area (Å²) in [7, 11) is 1.48. The third-order valence-corrected chi connectivity index (χ3v) is 6.25. The lowest BCUT2D eigenvalue weighted by atomic mass is 10.2. The van der Waals surface area contributed by atoms with Gasteiger partial charge >= 0.3 is 0 Å². The van der Waals surface area contributed by atoms with Gasteiger partial charge in [0.05, 0.1) is 30.5 Å². The average molecular weight is 466 g/mol. The van der Waals surface area contributed by atoms with Gasteiger partial charge in [0, 0.05) is 13.1 Å². The van der Waals surface area contributed by atoms with E-state index in [0.29, 0.717) is 47.8 Å². The zero-order valence-electron chi connectivity index (χ0n) is 17.8. The summed E-state index contributed by atoms with van der Waals surface area (Å²) < 4.78 is 25.9. The van der Waals surface area contributed by atoms with Crippen LogP contribution < -0.4 is 19.5 Å². The highest BCUT2D eigenvalue weighted by Gasteiger charge is 2.24. The van der Waals surface area contributed by atoms with Crippen molar-refractivity contribution in [3.05, 3.63) is 79.5 Å². The molecular weight excluding hydrogens is 445 g/mol. The van der Waals surface area contributed by atoms with E-state index in [-0.39, 0.29) is 16.1 Å². The van der Waals surface area contributed by atoms with Crippen molar-refractivity contribution in [2.45, 2.75) is 0 Å². The summed E-state index contributed by atoms with van der Waals surface area (Å²) in [5.41, 5.74) is 0.485. The Morgan fingerprint density at radius 2 is 1.88 bits per heavy atom. The first-order chi connectivity index (χ1) is 16.0. The van der Waals surface area contributed by atoms with E-state index in [9.17, 15) is 19.2 Å². The van der Waals surface area contributed by atoms with Crippen LogP contribution >= 0.6 is 11.3 Å². The number of carbonyl (C=O) groups is 1. The summed E-state index contributed by atoms with van der Waals surface area (Å²) >= 11 is 1.03. The molecule has 168 valence electrons. The number of morpholine rings is 1. The molecule has 0 spiro atoms. The Labute approximate surface area is 192 Å². The number of benzene rings is 2. The van der Waals surface area contributed by atoms with Crippen LogP contribution in [0.5, 0.6) is 5.75 Å². The van der Waals surface area contributed by atoms with Gasteiger partial charge in [-0.05, 0) is 35.9 Å². The monoisotopic (exact) mass is 465 g/mol. The third kappa shape index (κ3) is 4.58. The number of hydrogen-bond donors (Lipinski definition) is 0. The van der Waals surface area contributed by atoms with Crippen LogP contribution in [0.25, 0.3) is 17.3 Å². The standard InChI is InChI=1S/C24H20FN3O4S/c1-31-20-5-3-2-4-19(20)28-23(30)21(14-16-6-8-17(25)9-7-16)33-24(28)18(15-26)22(29)27-10-12-32-13-11-27/h2-9,14H,10-13H2,1H3/b21-14+,24-18-. The van der Waals surface area contributed by atoms with Crippen molar-refractivity contribution < 1.29 is 18.7 Å². The lowest BCUT2D eigenvalue weighted by molar-refractivity contribution is -0.128. The molecule has 1 fully saturated rings. The Hall–Kier alpha value is -3.74. The summed E-state index contributed by atoms with van der Waals surface area (Å²) in [6.45, 7) is 1.50. The minimum atomic E-state index is -0.459. The number of para-hydroxylation sites is 2. The molecule has 7 nitrogen and oxygen atoms in total. The van der Waals surface area contributed by atoms with Gasteiger partial charge in [-0.1, -0.05) is 24.3 Å². The second-order valence-corrected chi connectivity index (χ2v) is 8.20. The first-order valence-electron chi connectivity index (χ1n) is 10.2. The number of nitriles is 1. The van der Waals surface area contributed by atoms with E-state index in [0.717, 1.165) is 11.3 Å². The van der Waals surface area contributed by atoms with Gasteiger partial charge in [-0.3, -0.25) is 14.2 Å². The van der Waals surface area contributed by atoms with Gasteiger partial charge in [0.2, 0.25) is 0 Å². The molecule has 0 saturated carbocycles. The van der Waals surface area contributed by atoms with Crippen LogP contribution in [-0.4, -0.2) is 48.8 Å². The molecule has 0 unspecified atom stereocenters.